The third-order valence-corrected chi connectivity index (χ3v) is 3.26. The van der Waals surface area contributed by atoms with Crippen molar-refractivity contribution in [2.45, 2.75) is 0 Å². The van der Waals surface area contributed by atoms with E-state index >= 15 is 0 Å². The molecular weight excluding hydrogens is 288 g/mol. The van der Waals surface area contributed by atoms with Crippen molar-refractivity contribution in [1.29, 1.82) is 0 Å². The monoisotopic (exact) mass is 298 g/mol. The molecular formula is C17H11ClO3. The van der Waals surface area contributed by atoms with Crippen LogP contribution in [0.25, 0.3) is 17.4 Å². The summed E-state index contributed by atoms with van der Waals surface area (Å²) in [5.41, 5.74) is 0.816. The van der Waals surface area contributed by atoms with Crippen LogP contribution in [-0.2, 0) is 0 Å². The molecule has 3 rings (SSSR count). The van der Waals surface area contributed by atoms with Crippen molar-refractivity contribution < 1.29 is 13.6 Å². The Hall–Kier alpha value is -2.52. The molecule has 3 aromatic rings. The molecule has 0 bridgehead atoms. The van der Waals surface area contributed by atoms with Gasteiger partial charge in [0.15, 0.2) is 5.76 Å². The zero-order valence-corrected chi connectivity index (χ0v) is 11.7. The lowest BCUT2D eigenvalue weighted by Crippen LogP contribution is -1.89. The molecule has 0 radical (unpaired) electrons. The molecule has 0 N–H and O–H groups in total. The van der Waals surface area contributed by atoms with Crippen molar-refractivity contribution in [2.75, 3.05) is 0 Å². The van der Waals surface area contributed by atoms with Crippen LogP contribution < -0.4 is 0 Å². The van der Waals surface area contributed by atoms with Crippen molar-refractivity contribution >= 4 is 23.5 Å². The molecule has 0 saturated heterocycles. The van der Waals surface area contributed by atoms with E-state index in [1.807, 2.05) is 24.3 Å². The lowest BCUT2D eigenvalue weighted by Gasteiger charge is -1.98. The summed E-state index contributed by atoms with van der Waals surface area (Å²) < 4.78 is 10.7. The highest BCUT2D eigenvalue weighted by Gasteiger charge is 2.08. The molecule has 0 atom stereocenters. The van der Waals surface area contributed by atoms with Gasteiger partial charge in [0.1, 0.15) is 11.5 Å². The van der Waals surface area contributed by atoms with Gasteiger partial charge in [-0.1, -0.05) is 23.7 Å². The summed E-state index contributed by atoms with van der Waals surface area (Å²) in [5.74, 6) is 1.32. The highest BCUT2D eigenvalue weighted by Crippen LogP contribution is 2.29. The molecule has 0 aliphatic rings. The second-order valence-corrected chi connectivity index (χ2v) is 4.76. The van der Waals surface area contributed by atoms with Crippen LogP contribution >= 0.6 is 11.6 Å². The van der Waals surface area contributed by atoms with Crippen molar-refractivity contribution in [3.63, 3.8) is 0 Å². The minimum Gasteiger partial charge on any atom is -0.461 e. The second-order valence-electron chi connectivity index (χ2n) is 4.36. The number of carbonyl (C=O) groups is 1. The zero-order chi connectivity index (χ0) is 14.7. The van der Waals surface area contributed by atoms with Gasteiger partial charge in [-0.2, -0.15) is 0 Å². The van der Waals surface area contributed by atoms with Crippen LogP contribution in [0.2, 0.25) is 5.02 Å². The summed E-state index contributed by atoms with van der Waals surface area (Å²) in [6, 6.07) is 14.3. The maximum absolute atomic E-state index is 11.8. The Kier molecular flexibility index (Phi) is 3.75. The number of furan rings is 2. The fourth-order valence-corrected chi connectivity index (χ4v) is 2.14. The first-order chi connectivity index (χ1) is 10.2. The smallest absolute Gasteiger partial charge is 0.221 e. The van der Waals surface area contributed by atoms with Gasteiger partial charge in [-0.15, -0.1) is 0 Å². The average molecular weight is 299 g/mol. The van der Waals surface area contributed by atoms with E-state index in [9.17, 15) is 4.79 Å². The van der Waals surface area contributed by atoms with Gasteiger partial charge in [-0.3, -0.25) is 4.79 Å². The van der Waals surface area contributed by atoms with E-state index in [2.05, 4.69) is 0 Å². The van der Waals surface area contributed by atoms with E-state index in [4.69, 9.17) is 20.4 Å². The number of allylic oxidation sites excluding steroid dienone is 1. The third kappa shape index (κ3) is 2.98. The van der Waals surface area contributed by atoms with Crippen LogP contribution in [0.1, 0.15) is 16.3 Å². The lowest BCUT2D eigenvalue weighted by molar-refractivity contribution is 0.102. The first-order valence-electron chi connectivity index (χ1n) is 6.35. The summed E-state index contributed by atoms with van der Waals surface area (Å²) in [7, 11) is 0. The molecule has 21 heavy (non-hydrogen) atoms. The first kappa shape index (κ1) is 13.5. The third-order valence-electron chi connectivity index (χ3n) is 2.93. The number of hydrogen-bond donors (Lipinski definition) is 0. The van der Waals surface area contributed by atoms with Crippen molar-refractivity contribution in [1.82, 2.24) is 0 Å². The number of halogens is 1. The van der Waals surface area contributed by atoms with Crippen LogP contribution in [0.5, 0.6) is 0 Å². The minimum atomic E-state index is -0.212. The topological polar surface area (TPSA) is 43.4 Å². The molecule has 1 aromatic carbocycles. The molecule has 0 unspecified atom stereocenters. The van der Waals surface area contributed by atoms with Crippen LogP contribution in [0.3, 0.4) is 0 Å². The standard InChI is InChI=1S/C17H11ClO3/c18-14-5-2-1-4-13(14)16-10-8-12(21-16)7-9-15(19)17-6-3-11-20-17/h1-11H/b9-7+. The SMILES string of the molecule is O=C(/C=C/c1ccc(-c2ccccc2Cl)o1)c1ccco1. The zero-order valence-electron chi connectivity index (χ0n) is 11.0. The van der Waals surface area contributed by atoms with E-state index in [-0.39, 0.29) is 5.78 Å². The second kappa shape index (κ2) is 5.85. The molecule has 104 valence electrons. The molecule has 2 aromatic heterocycles. The van der Waals surface area contributed by atoms with Gasteiger partial charge in [-0.05, 0) is 48.6 Å². The summed E-state index contributed by atoms with van der Waals surface area (Å²) in [6.45, 7) is 0. The maximum atomic E-state index is 11.8. The van der Waals surface area contributed by atoms with Gasteiger partial charge in [0.2, 0.25) is 5.78 Å². The van der Waals surface area contributed by atoms with E-state index in [0.717, 1.165) is 5.56 Å². The maximum Gasteiger partial charge on any atom is 0.221 e. The van der Waals surface area contributed by atoms with Crippen LogP contribution in [0, 0.1) is 0 Å². The van der Waals surface area contributed by atoms with E-state index in [1.54, 1.807) is 30.3 Å². The van der Waals surface area contributed by atoms with Crippen LogP contribution in [-0.4, -0.2) is 5.78 Å². The predicted molar refractivity (Wildman–Crippen MR) is 81.2 cm³/mol. The number of benzene rings is 1. The molecule has 0 amide bonds. The highest BCUT2D eigenvalue weighted by molar-refractivity contribution is 6.33. The molecule has 4 heteroatoms. The Bertz CT molecular complexity index is 782. The van der Waals surface area contributed by atoms with Gasteiger partial charge >= 0.3 is 0 Å². The Morgan fingerprint density at radius 3 is 2.67 bits per heavy atom. The molecule has 0 spiro atoms. The normalized spacial score (nSPS) is 11.1. The van der Waals surface area contributed by atoms with Gasteiger partial charge in [0.05, 0.1) is 11.3 Å². The van der Waals surface area contributed by atoms with Gasteiger partial charge < -0.3 is 8.83 Å². The van der Waals surface area contributed by atoms with Crippen molar-refractivity contribution in [2.24, 2.45) is 0 Å². The van der Waals surface area contributed by atoms with E-state index < -0.39 is 0 Å². The van der Waals surface area contributed by atoms with Gasteiger partial charge in [0.25, 0.3) is 0 Å². The Balaban J connectivity index is 1.80. The molecule has 0 aliphatic carbocycles. The van der Waals surface area contributed by atoms with Crippen LogP contribution in [0.4, 0.5) is 0 Å². The Morgan fingerprint density at radius 2 is 1.90 bits per heavy atom. The van der Waals surface area contributed by atoms with Crippen molar-refractivity contribution in [3.05, 3.63) is 77.4 Å². The predicted octanol–water partition coefficient (Wildman–Crippen LogP) is 5.09. The minimum absolute atomic E-state index is 0.212. The van der Waals surface area contributed by atoms with Crippen molar-refractivity contribution in [3.8, 4) is 11.3 Å². The summed E-state index contributed by atoms with van der Waals surface area (Å²) in [4.78, 5) is 11.8. The quantitative estimate of drug-likeness (QED) is 0.498. The summed E-state index contributed by atoms with van der Waals surface area (Å²) in [6.07, 6.45) is 4.47. The molecule has 3 nitrogen and oxygen atoms in total. The van der Waals surface area contributed by atoms with Crippen LogP contribution in [0.15, 0.2) is 69.7 Å². The Labute approximate surface area is 126 Å². The molecule has 0 fully saturated rings. The van der Waals surface area contributed by atoms with E-state index in [0.29, 0.717) is 22.3 Å². The molecule has 0 aliphatic heterocycles. The van der Waals surface area contributed by atoms with E-state index in [1.165, 1.54) is 12.3 Å². The largest absolute Gasteiger partial charge is 0.461 e. The number of carbonyl (C=O) groups excluding carboxylic acids is 1. The number of rotatable bonds is 4. The highest BCUT2D eigenvalue weighted by atomic mass is 35.5. The lowest BCUT2D eigenvalue weighted by atomic mass is 10.2. The first-order valence-corrected chi connectivity index (χ1v) is 6.72. The van der Waals surface area contributed by atoms with Gasteiger partial charge in [-0.25, -0.2) is 0 Å². The van der Waals surface area contributed by atoms with Gasteiger partial charge in [0, 0.05) is 5.56 Å². The molecule has 0 saturated carbocycles. The fraction of sp³-hybridized carbons (Fsp3) is 0. The number of hydrogen-bond acceptors (Lipinski definition) is 3. The number of ketones is 1. The summed E-state index contributed by atoms with van der Waals surface area (Å²) in [5, 5.41) is 0.619. The fourth-order valence-electron chi connectivity index (χ4n) is 1.91. The molecule has 2 heterocycles. The Morgan fingerprint density at radius 1 is 1.05 bits per heavy atom. The average Bonchev–Trinajstić information content (AvgIpc) is 3.17. The summed E-state index contributed by atoms with van der Waals surface area (Å²) >= 11 is 6.12.